The first-order valence-corrected chi connectivity index (χ1v) is 8.36. The molecule has 0 aliphatic carbocycles. The Balaban J connectivity index is 1.89. The van der Waals surface area contributed by atoms with Crippen molar-refractivity contribution in [2.45, 2.75) is 6.92 Å². The maximum Gasteiger partial charge on any atom is 0.262 e. The maximum absolute atomic E-state index is 12.0. The number of benzene rings is 2. The number of amidine groups is 1. The SMILES string of the molecule is CC(Nc1ccc(NC(=O)COc2ccc(Cl)cc2Cl)cc1)=[N+](C)C. The van der Waals surface area contributed by atoms with Crippen LogP contribution in [0.3, 0.4) is 0 Å². The molecule has 0 aromatic heterocycles. The van der Waals surface area contributed by atoms with Crippen LogP contribution >= 0.6 is 23.2 Å². The summed E-state index contributed by atoms with van der Waals surface area (Å²) in [5.74, 6) is 1.16. The second-order valence-electron chi connectivity index (χ2n) is 5.59. The second kappa shape index (κ2) is 8.74. The molecule has 5 nitrogen and oxygen atoms in total. The van der Waals surface area contributed by atoms with Crippen molar-refractivity contribution in [1.29, 1.82) is 0 Å². The quantitative estimate of drug-likeness (QED) is 0.466. The third-order valence-electron chi connectivity index (χ3n) is 3.42. The Morgan fingerprint density at radius 1 is 1.04 bits per heavy atom. The van der Waals surface area contributed by atoms with Gasteiger partial charge in [-0.2, -0.15) is 0 Å². The monoisotopic (exact) mass is 380 g/mol. The molecule has 132 valence electrons. The van der Waals surface area contributed by atoms with E-state index in [2.05, 4.69) is 10.6 Å². The van der Waals surface area contributed by atoms with Gasteiger partial charge in [-0.25, -0.2) is 5.32 Å². The van der Waals surface area contributed by atoms with E-state index < -0.39 is 0 Å². The fourth-order valence-electron chi connectivity index (χ4n) is 1.89. The first-order valence-electron chi connectivity index (χ1n) is 7.61. The molecular weight excluding hydrogens is 361 g/mol. The van der Waals surface area contributed by atoms with Gasteiger partial charge < -0.3 is 10.1 Å². The van der Waals surface area contributed by atoms with Crippen LogP contribution in [0.25, 0.3) is 0 Å². The Morgan fingerprint density at radius 2 is 1.64 bits per heavy atom. The van der Waals surface area contributed by atoms with Gasteiger partial charge in [-0.1, -0.05) is 23.2 Å². The zero-order valence-electron chi connectivity index (χ0n) is 14.3. The van der Waals surface area contributed by atoms with Crippen molar-refractivity contribution in [1.82, 2.24) is 0 Å². The number of nitrogens with zero attached hydrogens (tertiary/aromatic N) is 1. The normalized spacial score (nSPS) is 10.1. The summed E-state index contributed by atoms with van der Waals surface area (Å²) < 4.78 is 7.39. The van der Waals surface area contributed by atoms with Gasteiger partial charge in [0.15, 0.2) is 6.61 Å². The van der Waals surface area contributed by atoms with Gasteiger partial charge in [0.2, 0.25) is 5.84 Å². The molecule has 1 amide bonds. The minimum atomic E-state index is -0.275. The highest BCUT2D eigenvalue weighted by Crippen LogP contribution is 2.27. The molecule has 0 saturated heterocycles. The zero-order valence-corrected chi connectivity index (χ0v) is 15.8. The van der Waals surface area contributed by atoms with Gasteiger partial charge in [0.05, 0.1) is 19.1 Å². The fourth-order valence-corrected chi connectivity index (χ4v) is 2.35. The van der Waals surface area contributed by atoms with Gasteiger partial charge in [0.25, 0.3) is 5.91 Å². The van der Waals surface area contributed by atoms with Crippen molar-refractivity contribution in [3.05, 3.63) is 52.5 Å². The van der Waals surface area contributed by atoms with Crippen molar-refractivity contribution in [2.75, 3.05) is 31.3 Å². The van der Waals surface area contributed by atoms with Crippen molar-refractivity contribution in [3.8, 4) is 5.75 Å². The van der Waals surface area contributed by atoms with E-state index in [0.29, 0.717) is 21.5 Å². The van der Waals surface area contributed by atoms with E-state index in [1.165, 1.54) is 0 Å². The number of carbonyl (C=O) groups is 1. The Bertz CT molecular complexity index is 785. The summed E-state index contributed by atoms with van der Waals surface area (Å²) >= 11 is 11.8. The van der Waals surface area contributed by atoms with Crippen LogP contribution in [0.15, 0.2) is 42.5 Å². The van der Waals surface area contributed by atoms with E-state index in [-0.39, 0.29) is 12.5 Å². The average Bonchev–Trinajstić information content (AvgIpc) is 2.55. The summed E-state index contributed by atoms with van der Waals surface area (Å²) in [6, 6.07) is 12.3. The predicted molar refractivity (Wildman–Crippen MR) is 103 cm³/mol. The molecule has 2 aromatic carbocycles. The van der Waals surface area contributed by atoms with Crippen LogP contribution in [-0.4, -0.2) is 37.0 Å². The van der Waals surface area contributed by atoms with Gasteiger partial charge in [0, 0.05) is 17.6 Å². The van der Waals surface area contributed by atoms with Gasteiger partial charge in [-0.15, -0.1) is 0 Å². The van der Waals surface area contributed by atoms with E-state index in [9.17, 15) is 4.79 Å². The third-order valence-corrected chi connectivity index (χ3v) is 3.95. The molecule has 0 fully saturated rings. The molecule has 0 bridgehead atoms. The van der Waals surface area contributed by atoms with Crippen LogP contribution in [0.5, 0.6) is 5.75 Å². The lowest BCUT2D eigenvalue weighted by Crippen LogP contribution is -2.20. The molecule has 0 atom stereocenters. The standard InChI is InChI=1S/C18H19Cl2N3O2/c1-12(23(2)3)21-14-5-7-15(8-6-14)22-18(24)11-25-17-9-4-13(19)10-16(17)20/h4-10H,11H2,1-3H3,(H,22,24)/p+1. The molecule has 0 heterocycles. The minimum Gasteiger partial charge on any atom is -0.482 e. The van der Waals surface area contributed by atoms with E-state index in [1.54, 1.807) is 18.2 Å². The smallest absolute Gasteiger partial charge is 0.262 e. The molecular formula is C18H20Cl2N3O2+. The second-order valence-corrected chi connectivity index (χ2v) is 6.44. The van der Waals surface area contributed by atoms with Crippen molar-refractivity contribution < 1.29 is 14.1 Å². The average molecular weight is 381 g/mol. The van der Waals surface area contributed by atoms with Crippen molar-refractivity contribution in [2.24, 2.45) is 0 Å². The number of amides is 1. The van der Waals surface area contributed by atoms with Crippen LogP contribution in [0.1, 0.15) is 6.92 Å². The van der Waals surface area contributed by atoms with E-state index in [4.69, 9.17) is 27.9 Å². The zero-order chi connectivity index (χ0) is 18.4. The minimum absolute atomic E-state index is 0.144. The summed E-state index contributed by atoms with van der Waals surface area (Å²) in [5, 5.41) is 6.90. The number of anilines is 2. The van der Waals surface area contributed by atoms with Crippen LogP contribution in [0.2, 0.25) is 10.0 Å². The van der Waals surface area contributed by atoms with Crippen molar-refractivity contribution >= 4 is 46.3 Å². The Hall–Kier alpha value is -2.24. The van der Waals surface area contributed by atoms with E-state index in [1.807, 2.05) is 49.9 Å². The lowest BCUT2D eigenvalue weighted by Gasteiger charge is -2.09. The third kappa shape index (κ3) is 5.96. The van der Waals surface area contributed by atoms with Crippen LogP contribution in [0, 0.1) is 0 Å². The number of carbonyl (C=O) groups excluding carboxylic acids is 1. The van der Waals surface area contributed by atoms with Gasteiger partial charge in [0.1, 0.15) is 11.4 Å². The lowest BCUT2D eigenvalue weighted by atomic mass is 10.2. The summed E-state index contributed by atoms with van der Waals surface area (Å²) in [5.41, 5.74) is 1.62. The lowest BCUT2D eigenvalue weighted by molar-refractivity contribution is -0.464. The molecule has 0 aliphatic rings. The molecule has 7 heteroatoms. The van der Waals surface area contributed by atoms with Gasteiger partial charge >= 0.3 is 0 Å². The van der Waals surface area contributed by atoms with Crippen LogP contribution in [-0.2, 0) is 4.79 Å². The molecule has 0 saturated carbocycles. The van der Waals surface area contributed by atoms with Gasteiger partial charge in [-0.05, 0) is 42.5 Å². The highest BCUT2D eigenvalue weighted by atomic mass is 35.5. The summed E-state index contributed by atoms with van der Waals surface area (Å²) in [6.45, 7) is 1.84. The van der Waals surface area contributed by atoms with E-state index in [0.717, 1.165) is 11.5 Å². The molecule has 2 N–H and O–H groups in total. The molecule has 25 heavy (non-hydrogen) atoms. The highest BCUT2D eigenvalue weighted by Gasteiger charge is 2.08. The Labute approximate surface area is 157 Å². The molecule has 2 aromatic rings. The largest absolute Gasteiger partial charge is 0.482 e. The summed E-state index contributed by atoms with van der Waals surface area (Å²) in [6.07, 6.45) is 0. The first-order chi connectivity index (χ1) is 11.8. The number of hydrogen-bond donors (Lipinski definition) is 2. The maximum atomic E-state index is 12.0. The van der Waals surface area contributed by atoms with Crippen LogP contribution < -0.4 is 15.4 Å². The van der Waals surface area contributed by atoms with E-state index >= 15 is 0 Å². The number of rotatable bonds is 5. The number of halogens is 2. The topological polar surface area (TPSA) is 53.4 Å². The Morgan fingerprint density at radius 3 is 2.20 bits per heavy atom. The van der Waals surface area contributed by atoms with Crippen molar-refractivity contribution in [3.63, 3.8) is 0 Å². The Kier molecular flexibility index (Phi) is 6.67. The number of ether oxygens (including phenoxy) is 1. The predicted octanol–water partition coefficient (Wildman–Crippen LogP) is 4.11. The first kappa shape index (κ1) is 19.1. The molecule has 0 spiro atoms. The van der Waals surface area contributed by atoms with Gasteiger partial charge in [-0.3, -0.25) is 9.37 Å². The van der Waals surface area contributed by atoms with Crippen LogP contribution in [0.4, 0.5) is 11.4 Å². The molecule has 0 unspecified atom stereocenters. The fraction of sp³-hybridized carbons (Fsp3) is 0.222. The molecule has 0 radical (unpaired) electrons. The number of nitrogens with one attached hydrogen (secondary N) is 2. The molecule has 2 rings (SSSR count). The summed E-state index contributed by atoms with van der Waals surface area (Å²) in [4.78, 5) is 12.0. The summed E-state index contributed by atoms with van der Waals surface area (Å²) in [7, 11) is 3.92. The highest BCUT2D eigenvalue weighted by molar-refractivity contribution is 6.35. The molecule has 0 aliphatic heterocycles. The number of hydrogen-bond acceptors (Lipinski definition) is 2.